The molecule has 0 radical (unpaired) electrons. The summed E-state index contributed by atoms with van der Waals surface area (Å²) in [5.74, 6) is -0.988. The Hall–Kier alpha value is -1.51. The first-order valence-electron chi connectivity index (χ1n) is 5.79. The van der Waals surface area contributed by atoms with Gasteiger partial charge < -0.3 is 10.8 Å². The molecule has 0 atom stereocenters. The van der Waals surface area contributed by atoms with E-state index in [1.807, 2.05) is 41.5 Å². The second kappa shape index (κ2) is 15.9. The maximum Gasteiger partial charge on any atom is 0.337 e. The lowest BCUT2D eigenvalue weighted by atomic mass is 10.2. The molecule has 0 fully saturated rings. The van der Waals surface area contributed by atoms with Crippen LogP contribution in [0.4, 0.5) is 5.69 Å². The maximum absolute atomic E-state index is 10.3. The van der Waals surface area contributed by atoms with Crippen molar-refractivity contribution in [1.29, 1.82) is 0 Å². The Morgan fingerprint density at radius 3 is 1.62 bits per heavy atom. The third-order valence-corrected chi connectivity index (χ3v) is 1.19. The number of aromatic carboxylic acids is 1. The van der Waals surface area contributed by atoms with Gasteiger partial charge in [0, 0.05) is 5.69 Å². The second-order valence-corrected chi connectivity index (χ2v) is 1.89. The van der Waals surface area contributed by atoms with Crippen molar-refractivity contribution in [3.05, 3.63) is 29.8 Å². The predicted molar refractivity (Wildman–Crippen MR) is 71.9 cm³/mol. The van der Waals surface area contributed by atoms with Gasteiger partial charge in [-0.25, -0.2) is 4.79 Å². The van der Waals surface area contributed by atoms with Crippen molar-refractivity contribution < 1.29 is 9.90 Å². The van der Waals surface area contributed by atoms with E-state index in [-0.39, 0.29) is 5.56 Å². The molecule has 1 aromatic rings. The second-order valence-electron chi connectivity index (χ2n) is 1.89. The summed E-state index contributed by atoms with van der Waals surface area (Å²) >= 11 is 0. The number of carboxylic acids is 1. The third kappa shape index (κ3) is 9.06. The lowest BCUT2D eigenvalue weighted by Gasteiger charge is -1.96. The lowest BCUT2D eigenvalue weighted by Crippen LogP contribution is -2.00. The Morgan fingerprint density at radius 1 is 1.00 bits per heavy atom. The summed E-state index contributed by atoms with van der Waals surface area (Å²) in [6.07, 6.45) is 0. The molecule has 0 unspecified atom stereocenters. The molecule has 16 heavy (non-hydrogen) atoms. The number of nitrogen functional groups attached to an aromatic ring is 1. The number of hydrogen-bond donors (Lipinski definition) is 2. The molecule has 0 saturated heterocycles. The number of benzene rings is 1. The zero-order valence-electron chi connectivity index (χ0n) is 11.2. The summed E-state index contributed by atoms with van der Waals surface area (Å²) in [5, 5.41) is 8.49. The van der Waals surface area contributed by atoms with E-state index in [0.717, 1.165) is 0 Å². The van der Waals surface area contributed by atoms with Crippen LogP contribution < -0.4 is 5.73 Å². The van der Waals surface area contributed by atoms with E-state index < -0.39 is 5.97 Å². The Balaban J connectivity index is -0.000000245. The van der Waals surface area contributed by atoms with Gasteiger partial charge in [0.05, 0.1) is 5.56 Å². The van der Waals surface area contributed by atoms with Crippen LogP contribution in [0.1, 0.15) is 51.9 Å². The Labute approximate surface area is 99.3 Å². The number of hydrogen-bond acceptors (Lipinski definition) is 2. The van der Waals surface area contributed by atoms with Crippen molar-refractivity contribution in [2.24, 2.45) is 0 Å². The Morgan fingerprint density at radius 2 is 1.38 bits per heavy atom. The molecule has 3 N–H and O–H groups in total. The van der Waals surface area contributed by atoms with Crippen LogP contribution in [0.2, 0.25) is 0 Å². The highest BCUT2D eigenvalue weighted by Gasteiger charge is 2.03. The Kier molecular flexibility index (Phi) is 19.9. The van der Waals surface area contributed by atoms with Crippen LogP contribution in [0.25, 0.3) is 0 Å². The van der Waals surface area contributed by atoms with Gasteiger partial charge in [-0.3, -0.25) is 0 Å². The fraction of sp³-hybridized carbons (Fsp3) is 0.462. The van der Waals surface area contributed by atoms with E-state index in [4.69, 9.17) is 10.8 Å². The van der Waals surface area contributed by atoms with Gasteiger partial charge in [-0.2, -0.15) is 0 Å². The number of para-hydroxylation sites is 1. The standard InChI is InChI=1S/C7H7NO2.3C2H6/c8-6-4-2-1-3-5(6)7(9)10;3*1-2/h1-4H,8H2,(H,9,10);3*1-2H3. The quantitative estimate of drug-likeness (QED) is 0.711. The topological polar surface area (TPSA) is 63.3 Å². The van der Waals surface area contributed by atoms with E-state index in [9.17, 15) is 4.79 Å². The Bertz CT molecular complexity index is 260. The monoisotopic (exact) mass is 227 g/mol. The molecule has 0 spiro atoms. The molecule has 0 bridgehead atoms. The van der Waals surface area contributed by atoms with Crippen molar-refractivity contribution in [1.82, 2.24) is 0 Å². The fourth-order valence-corrected chi connectivity index (χ4v) is 0.692. The van der Waals surface area contributed by atoms with Crippen molar-refractivity contribution >= 4 is 11.7 Å². The molecule has 1 aromatic carbocycles. The number of anilines is 1. The molecule has 0 aliphatic rings. The average Bonchev–Trinajstić information content (AvgIpc) is 2.37. The molecule has 0 heterocycles. The summed E-state index contributed by atoms with van der Waals surface area (Å²) in [4.78, 5) is 10.3. The summed E-state index contributed by atoms with van der Waals surface area (Å²) in [5.41, 5.74) is 5.80. The van der Waals surface area contributed by atoms with Gasteiger partial charge in [0.2, 0.25) is 0 Å². The number of nitrogens with two attached hydrogens (primary N) is 1. The van der Waals surface area contributed by atoms with Gasteiger partial charge in [-0.05, 0) is 12.1 Å². The molecule has 0 saturated carbocycles. The van der Waals surface area contributed by atoms with Crippen molar-refractivity contribution in [2.45, 2.75) is 41.5 Å². The van der Waals surface area contributed by atoms with E-state index in [2.05, 4.69) is 0 Å². The first-order valence-corrected chi connectivity index (χ1v) is 5.79. The van der Waals surface area contributed by atoms with Crippen LogP contribution in [0.3, 0.4) is 0 Å². The molecular formula is C13H25NO2. The first-order chi connectivity index (χ1) is 7.72. The summed E-state index contributed by atoms with van der Waals surface area (Å²) in [6, 6.07) is 6.36. The van der Waals surface area contributed by atoms with Crippen molar-refractivity contribution in [3.8, 4) is 0 Å². The molecular weight excluding hydrogens is 202 g/mol. The molecule has 1 rings (SSSR count). The largest absolute Gasteiger partial charge is 0.478 e. The van der Waals surface area contributed by atoms with Crippen LogP contribution in [0, 0.1) is 0 Å². The summed E-state index contributed by atoms with van der Waals surface area (Å²) in [7, 11) is 0. The smallest absolute Gasteiger partial charge is 0.337 e. The summed E-state index contributed by atoms with van der Waals surface area (Å²) < 4.78 is 0. The van der Waals surface area contributed by atoms with E-state index in [1.165, 1.54) is 6.07 Å². The number of carbonyl (C=O) groups is 1. The molecule has 0 aliphatic heterocycles. The fourth-order valence-electron chi connectivity index (χ4n) is 0.692. The normalized spacial score (nSPS) is 6.88. The van der Waals surface area contributed by atoms with Gasteiger partial charge in [-0.1, -0.05) is 53.7 Å². The van der Waals surface area contributed by atoms with Crippen LogP contribution in [-0.4, -0.2) is 11.1 Å². The lowest BCUT2D eigenvalue weighted by molar-refractivity contribution is 0.0698. The molecule has 0 aromatic heterocycles. The van der Waals surface area contributed by atoms with Gasteiger partial charge >= 0.3 is 5.97 Å². The van der Waals surface area contributed by atoms with Crippen LogP contribution in [0.15, 0.2) is 24.3 Å². The van der Waals surface area contributed by atoms with Crippen LogP contribution in [0.5, 0.6) is 0 Å². The van der Waals surface area contributed by atoms with E-state index >= 15 is 0 Å². The SMILES string of the molecule is CC.CC.CC.Nc1ccccc1C(=O)O. The molecule has 0 amide bonds. The van der Waals surface area contributed by atoms with Crippen molar-refractivity contribution in [2.75, 3.05) is 5.73 Å². The zero-order chi connectivity index (χ0) is 13.6. The predicted octanol–water partition coefficient (Wildman–Crippen LogP) is 4.05. The minimum absolute atomic E-state index is 0.155. The maximum atomic E-state index is 10.3. The van der Waals surface area contributed by atoms with Crippen molar-refractivity contribution in [3.63, 3.8) is 0 Å². The third-order valence-electron chi connectivity index (χ3n) is 1.19. The highest BCUT2D eigenvalue weighted by Crippen LogP contribution is 2.08. The van der Waals surface area contributed by atoms with E-state index in [1.54, 1.807) is 18.2 Å². The van der Waals surface area contributed by atoms with Gasteiger partial charge in [0.25, 0.3) is 0 Å². The summed E-state index contributed by atoms with van der Waals surface area (Å²) in [6.45, 7) is 12.0. The van der Waals surface area contributed by atoms with Crippen LogP contribution in [-0.2, 0) is 0 Å². The van der Waals surface area contributed by atoms with E-state index in [0.29, 0.717) is 5.69 Å². The highest BCUT2D eigenvalue weighted by atomic mass is 16.4. The zero-order valence-corrected chi connectivity index (χ0v) is 11.2. The van der Waals surface area contributed by atoms with Gasteiger partial charge in [-0.15, -0.1) is 0 Å². The number of carboxylic acid groups (broad SMARTS) is 1. The molecule has 3 heteroatoms. The molecule has 3 nitrogen and oxygen atoms in total. The van der Waals surface area contributed by atoms with Gasteiger partial charge in [0.1, 0.15) is 0 Å². The molecule has 0 aliphatic carbocycles. The first kappa shape index (κ1) is 20.0. The van der Waals surface area contributed by atoms with Gasteiger partial charge in [0.15, 0.2) is 0 Å². The van der Waals surface area contributed by atoms with Crippen LogP contribution >= 0.6 is 0 Å². The number of rotatable bonds is 1. The average molecular weight is 227 g/mol. The minimum Gasteiger partial charge on any atom is -0.478 e. The minimum atomic E-state index is -0.988. The highest BCUT2D eigenvalue weighted by molar-refractivity contribution is 5.93. The molecule has 94 valence electrons.